The lowest BCUT2D eigenvalue weighted by Gasteiger charge is -2.17. The molecule has 2 N–H and O–H groups in total. The van der Waals surface area contributed by atoms with Gasteiger partial charge >= 0.3 is 0 Å². The van der Waals surface area contributed by atoms with Gasteiger partial charge in [-0.2, -0.15) is 0 Å². The summed E-state index contributed by atoms with van der Waals surface area (Å²) in [6.07, 6.45) is 0. The molecule has 2 aromatic carbocycles. The van der Waals surface area contributed by atoms with Gasteiger partial charge in [-0.25, -0.2) is 0 Å². The summed E-state index contributed by atoms with van der Waals surface area (Å²) in [7, 11) is 0. The van der Waals surface area contributed by atoms with Gasteiger partial charge in [-0.1, -0.05) is 35.3 Å². The predicted molar refractivity (Wildman–Crippen MR) is 86.1 cm³/mol. The lowest BCUT2D eigenvalue weighted by atomic mass is 9.96. The molecule has 0 aromatic heterocycles. The summed E-state index contributed by atoms with van der Waals surface area (Å²) >= 11 is 15.7. The maximum atomic E-state index is 6.31. The normalized spacial score (nSPS) is 12.5. The molecule has 2 aromatic rings. The van der Waals surface area contributed by atoms with E-state index in [1.54, 1.807) is 0 Å². The number of rotatable bonds is 2. The highest BCUT2D eigenvalue weighted by Gasteiger charge is 2.14. The molecule has 0 aliphatic rings. The first-order chi connectivity index (χ1) is 8.90. The first-order valence-electron chi connectivity index (χ1n) is 5.87. The minimum atomic E-state index is -0.264. The van der Waals surface area contributed by atoms with Crippen molar-refractivity contribution in [3.8, 4) is 0 Å². The molecule has 19 heavy (non-hydrogen) atoms. The van der Waals surface area contributed by atoms with E-state index in [2.05, 4.69) is 22.9 Å². The molecule has 0 saturated carbocycles. The molecular weight excluding hydrogens is 345 g/mol. The standard InChI is InChI=1S/C15H14BrCl2N/c1-8-5-11(14(18)6-9(8)2)15(19)10-3-4-13(17)12(16)7-10/h3-7,15H,19H2,1-2H3. The van der Waals surface area contributed by atoms with Crippen LogP contribution in [0, 0.1) is 13.8 Å². The third-order valence-electron chi connectivity index (χ3n) is 3.25. The van der Waals surface area contributed by atoms with E-state index in [1.807, 2.05) is 37.3 Å². The fourth-order valence-corrected chi connectivity index (χ4v) is 2.78. The van der Waals surface area contributed by atoms with Crippen LogP contribution in [0.25, 0.3) is 0 Å². The van der Waals surface area contributed by atoms with Crippen molar-refractivity contribution in [1.82, 2.24) is 0 Å². The lowest BCUT2D eigenvalue weighted by Crippen LogP contribution is -2.13. The largest absolute Gasteiger partial charge is 0.320 e. The van der Waals surface area contributed by atoms with Gasteiger partial charge in [0.25, 0.3) is 0 Å². The van der Waals surface area contributed by atoms with Crippen molar-refractivity contribution in [2.24, 2.45) is 5.73 Å². The van der Waals surface area contributed by atoms with Crippen molar-refractivity contribution < 1.29 is 0 Å². The maximum Gasteiger partial charge on any atom is 0.0566 e. The van der Waals surface area contributed by atoms with Crippen molar-refractivity contribution in [2.45, 2.75) is 19.9 Å². The maximum absolute atomic E-state index is 6.31. The van der Waals surface area contributed by atoms with Gasteiger partial charge in [0.2, 0.25) is 0 Å². The molecule has 2 rings (SSSR count). The second kappa shape index (κ2) is 5.84. The Labute approximate surface area is 131 Å². The number of benzene rings is 2. The monoisotopic (exact) mass is 357 g/mol. The van der Waals surface area contributed by atoms with Crippen LogP contribution in [0.1, 0.15) is 28.3 Å². The predicted octanol–water partition coefficient (Wildman–Crippen LogP) is 5.42. The number of hydrogen-bond acceptors (Lipinski definition) is 1. The van der Waals surface area contributed by atoms with Crippen LogP contribution in [0.15, 0.2) is 34.8 Å². The number of hydrogen-bond donors (Lipinski definition) is 1. The Morgan fingerprint density at radius 1 is 1.00 bits per heavy atom. The molecule has 0 aliphatic heterocycles. The fourth-order valence-electron chi connectivity index (χ4n) is 1.93. The second-order valence-electron chi connectivity index (χ2n) is 4.61. The van der Waals surface area contributed by atoms with E-state index >= 15 is 0 Å². The summed E-state index contributed by atoms with van der Waals surface area (Å²) in [6.45, 7) is 4.09. The Kier molecular flexibility index (Phi) is 4.57. The van der Waals surface area contributed by atoms with Crippen LogP contribution in [0.4, 0.5) is 0 Å². The van der Waals surface area contributed by atoms with Crippen molar-refractivity contribution in [3.63, 3.8) is 0 Å². The highest BCUT2D eigenvalue weighted by atomic mass is 79.9. The Balaban J connectivity index is 2.46. The van der Waals surface area contributed by atoms with Crippen LogP contribution < -0.4 is 5.73 Å². The third-order valence-corrected chi connectivity index (χ3v) is 4.79. The van der Waals surface area contributed by atoms with E-state index in [9.17, 15) is 0 Å². The zero-order valence-electron chi connectivity index (χ0n) is 10.7. The molecule has 0 amide bonds. The molecule has 1 atom stereocenters. The molecule has 1 unspecified atom stereocenters. The smallest absolute Gasteiger partial charge is 0.0566 e. The summed E-state index contributed by atoms with van der Waals surface area (Å²) in [4.78, 5) is 0. The van der Waals surface area contributed by atoms with Gasteiger partial charge in [-0.15, -0.1) is 0 Å². The topological polar surface area (TPSA) is 26.0 Å². The number of aryl methyl sites for hydroxylation is 2. The molecule has 0 spiro atoms. The SMILES string of the molecule is Cc1cc(Cl)c(C(N)c2ccc(Cl)c(Br)c2)cc1C. The van der Waals surface area contributed by atoms with Gasteiger partial charge in [0, 0.05) is 9.50 Å². The summed E-state index contributed by atoms with van der Waals surface area (Å²) in [6, 6.07) is 9.42. The molecule has 4 heteroatoms. The van der Waals surface area contributed by atoms with E-state index in [0.29, 0.717) is 10.0 Å². The highest BCUT2D eigenvalue weighted by Crippen LogP contribution is 2.32. The van der Waals surface area contributed by atoms with Gasteiger partial charge in [-0.3, -0.25) is 0 Å². The van der Waals surface area contributed by atoms with Crippen molar-refractivity contribution in [3.05, 3.63) is 67.1 Å². The molecular formula is C15H14BrCl2N. The van der Waals surface area contributed by atoms with Crippen molar-refractivity contribution >= 4 is 39.1 Å². The average Bonchev–Trinajstić information content (AvgIpc) is 2.36. The van der Waals surface area contributed by atoms with Crippen LogP contribution in [0.2, 0.25) is 10.0 Å². The minimum Gasteiger partial charge on any atom is -0.320 e. The Morgan fingerprint density at radius 3 is 2.26 bits per heavy atom. The molecule has 0 radical (unpaired) electrons. The minimum absolute atomic E-state index is 0.264. The van der Waals surface area contributed by atoms with E-state index in [4.69, 9.17) is 28.9 Å². The summed E-state index contributed by atoms with van der Waals surface area (Å²) in [5.41, 5.74) is 10.6. The van der Waals surface area contributed by atoms with Crippen LogP contribution in [0.5, 0.6) is 0 Å². The Hall–Kier alpha value is -0.540. The first kappa shape index (κ1) is 14.9. The van der Waals surface area contributed by atoms with Crippen LogP contribution in [-0.4, -0.2) is 0 Å². The van der Waals surface area contributed by atoms with Crippen LogP contribution in [0.3, 0.4) is 0 Å². The van der Waals surface area contributed by atoms with E-state index in [-0.39, 0.29) is 6.04 Å². The van der Waals surface area contributed by atoms with E-state index < -0.39 is 0 Å². The van der Waals surface area contributed by atoms with E-state index in [0.717, 1.165) is 15.6 Å². The quantitative estimate of drug-likeness (QED) is 0.761. The molecule has 0 bridgehead atoms. The third kappa shape index (κ3) is 3.14. The van der Waals surface area contributed by atoms with Crippen molar-refractivity contribution in [1.29, 1.82) is 0 Å². The van der Waals surface area contributed by atoms with E-state index in [1.165, 1.54) is 11.1 Å². The summed E-state index contributed by atoms with van der Waals surface area (Å²) in [5, 5.41) is 1.36. The molecule has 100 valence electrons. The first-order valence-corrected chi connectivity index (χ1v) is 7.42. The number of nitrogens with two attached hydrogens (primary N) is 1. The zero-order chi connectivity index (χ0) is 14.2. The van der Waals surface area contributed by atoms with Crippen LogP contribution >= 0.6 is 39.1 Å². The fraction of sp³-hybridized carbons (Fsp3) is 0.200. The second-order valence-corrected chi connectivity index (χ2v) is 6.28. The molecule has 0 saturated heterocycles. The molecule has 0 heterocycles. The molecule has 1 nitrogen and oxygen atoms in total. The molecule has 0 fully saturated rings. The van der Waals surface area contributed by atoms with Crippen LogP contribution in [-0.2, 0) is 0 Å². The van der Waals surface area contributed by atoms with Gasteiger partial charge in [0.05, 0.1) is 11.1 Å². The highest BCUT2D eigenvalue weighted by molar-refractivity contribution is 9.10. The van der Waals surface area contributed by atoms with Gasteiger partial charge in [0.1, 0.15) is 0 Å². The summed E-state index contributed by atoms with van der Waals surface area (Å²) in [5.74, 6) is 0. The Morgan fingerprint density at radius 2 is 1.63 bits per heavy atom. The van der Waals surface area contributed by atoms with Gasteiger partial charge in [-0.05, 0) is 70.2 Å². The van der Waals surface area contributed by atoms with Gasteiger partial charge < -0.3 is 5.73 Å². The summed E-state index contributed by atoms with van der Waals surface area (Å²) < 4.78 is 0.835. The average molecular weight is 359 g/mol. The van der Waals surface area contributed by atoms with Crippen molar-refractivity contribution in [2.75, 3.05) is 0 Å². The zero-order valence-corrected chi connectivity index (χ0v) is 13.8. The molecule has 0 aliphatic carbocycles. The Bertz CT molecular complexity index is 626. The lowest BCUT2D eigenvalue weighted by molar-refractivity contribution is 0.868. The van der Waals surface area contributed by atoms with Gasteiger partial charge in [0.15, 0.2) is 0 Å². The number of halogens is 3.